The van der Waals surface area contributed by atoms with Crippen LogP contribution in [0, 0.1) is 0 Å². The van der Waals surface area contributed by atoms with Crippen molar-refractivity contribution in [3.8, 4) is 5.75 Å². The van der Waals surface area contributed by atoms with Gasteiger partial charge in [0.1, 0.15) is 5.75 Å². The first-order chi connectivity index (χ1) is 12.9. The maximum atomic E-state index is 12.7. The summed E-state index contributed by atoms with van der Waals surface area (Å²) in [6, 6.07) is 12.9. The maximum absolute atomic E-state index is 12.7. The van der Waals surface area contributed by atoms with E-state index in [1.165, 1.54) is 28.6 Å². The zero-order valence-corrected chi connectivity index (χ0v) is 16.0. The van der Waals surface area contributed by atoms with E-state index in [0.717, 1.165) is 0 Å². The van der Waals surface area contributed by atoms with Gasteiger partial charge in [-0.2, -0.15) is 4.31 Å². The first-order valence-corrected chi connectivity index (χ1v) is 10.0. The van der Waals surface area contributed by atoms with Crippen LogP contribution in [0.3, 0.4) is 0 Å². The van der Waals surface area contributed by atoms with Gasteiger partial charge in [-0.25, -0.2) is 8.42 Å². The van der Waals surface area contributed by atoms with Gasteiger partial charge >= 0.3 is 0 Å². The van der Waals surface area contributed by atoms with Gasteiger partial charge in [-0.15, -0.1) is 0 Å². The topological polar surface area (TPSA) is 84.9 Å². The summed E-state index contributed by atoms with van der Waals surface area (Å²) < 4.78 is 37.4. The molecule has 1 saturated heterocycles. The zero-order chi connectivity index (χ0) is 19.4. The van der Waals surface area contributed by atoms with Crippen LogP contribution in [0.1, 0.15) is 17.3 Å². The number of benzene rings is 2. The normalized spacial score (nSPS) is 18.1. The number of hydrogen-bond donors (Lipinski definition) is 1. The Kier molecular flexibility index (Phi) is 5.79. The minimum atomic E-state index is -3.60. The molecule has 1 aliphatic heterocycles. The number of hydrogen-bond acceptors (Lipinski definition) is 5. The standard InChI is InChI=1S/C19H22N2O5S/c1-14-13-21(10-11-26-14)27(23,24)18-8-6-15(7-9-18)19(22)20-16-4-3-5-17(12-16)25-2/h3-9,12,14H,10-11,13H2,1-2H3,(H,20,22). The van der Waals surface area contributed by atoms with Crippen molar-refractivity contribution in [1.82, 2.24) is 4.31 Å². The van der Waals surface area contributed by atoms with E-state index in [1.54, 1.807) is 31.4 Å². The van der Waals surface area contributed by atoms with Crippen LogP contribution >= 0.6 is 0 Å². The molecule has 0 saturated carbocycles. The highest BCUT2D eigenvalue weighted by atomic mass is 32.2. The molecule has 0 spiro atoms. The monoisotopic (exact) mass is 390 g/mol. The smallest absolute Gasteiger partial charge is 0.255 e. The highest BCUT2D eigenvalue weighted by Crippen LogP contribution is 2.21. The number of morpholine rings is 1. The number of carbonyl (C=O) groups excluding carboxylic acids is 1. The number of nitrogens with zero attached hydrogens (tertiary/aromatic N) is 1. The molecule has 0 aromatic heterocycles. The van der Waals surface area contributed by atoms with E-state index in [9.17, 15) is 13.2 Å². The minimum absolute atomic E-state index is 0.138. The number of amides is 1. The lowest BCUT2D eigenvalue weighted by Crippen LogP contribution is -2.44. The van der Waals surface area contributed by atoms with Gasteiger partial charge in [0.2, 0.25) is 10.0 Å². The van der Waals surface area contributed by atoms with Crippen LogP contribution in [0.15, 0.2) is 53.4 Å². The molecule has 8 heteroatoms. The Morgan fingerprint density at radius 2 is 1.96 bits per heavy atom. The second kappa shape index (κ2) is 8.08. The summed E-state index contributed by atoms with van der Waals surface area (Å²) in [4.78, 5) is 12.6. The van der Waals surface area contributed by atoms with Crippen molar-refractivity contribution in [3.63, 3.8) is 0 Å². The van der Waals surface area contributed by atoms with Gasteiger partial charge in [0.25, 0.3) is 5.91 Å². The van der Waals surface area contributed by atoms with Gasteiger partial charge in [-0.1, -0.05) is 6.07 Å². The zero-order valence-electron chi connectivity index (χ0n) is 15.2. The van der Waals surface area contributed by atoms with Gasteiger partial charge in [0.15, 0.2) is 0 Å². The Bertz CT molecular complexity index is 912. The lowest BCUT2D eigenvalue weighted by molar-refractivity contribution is 0.0102. The molecule has 2 aromatic rings. The van der Waals surface area contributed by atoms with Crippen LogP contribution in [-0.2, 0) is 14.8 Å². The van der Waals surface area contributed by atoms with E-state index in [2.05, 4.69) is 5.32 Å². The second-order valence-corrected chi connectivity index (χ2v) is 8.19. The number of carbonyl (C=O) groups is 1. The quantitative estimate of drug-likeness (QED) is 0.847. The summed E-state index contributed by atoms with van der Waals surface area (Å²) in [5.74, 6) is 0.307. The van der Waals surface area contributed by atoms with Crippen molar-refractivity contribution in [2.45, 2.75) is 17.9 Å². The molecule has 1 heterocycles. The summed E-state index contributed by atoms with van der Waals surface area (Å²) in [5, 5.41) is 2.76. The van der Waals surface area contributed by atoms with Crippen LogP contribution in [-0.4, -0.2) is 51.5 Å². The highest BCUT2D eigenvalue weighted by molar-refractivity contribution is 7.89. The van der Waals surface area contributed by atoms with Crippen LogP contribution in [0.2, 0.25) is 0 Å². The minimum Gasteiger partial charge on any atom is -0.497 e. The van der Waals surface area contributed by atoms with E-state index in [0.29, 0.717) is 36.7 Å². The summed E-state index contributed by atoms with van der Waals surface area (Å²) in [6.45, 7) is 2.86. The SMILES string of the molecule is COc1cccc(NC(=O)c2ccc(S(=O)(=O)N3CCOC(C)C3)cc2)c1. The van der Waals surface area contributed by atoms with Crippen molar-refractivity contribution >= 4 is 21.6 Å². The van der Waals surface area contributed by atoms with Crippen LogP contribution in [0.25, 0.3) is 0 Å². The third-order valence-corrected chi connectivity index (χ3v) is 6.17. The second-order valence-electron chi connectivity index (χ2n) is 6.25. The molecule has 1 unspecified atom stereocenters. The molecule has 1 aliphatic rings. The van der Waals surface area contributed by atoms with Gasteiger partial charge in [0, 0.05) is 30.4 Å². The van der Waals surface area contributed by atoms with Crippen LogP contribution < -0.4 is 10.1 Å². The molecule has 3 rings (SSSR count). The van der Waals surface area contributed by atoms with Crippen molar-refractivity contribution in [1.29, 1.82) is 0 Å². The van der Waals surface area contributed by atoms with Gasteiger partial charge in [-0.05, 0) is 43.3 Å². The van der Waals surface area contributed by atoms with Crippen molar-refractivity contribution in [3.05, 3.63) is 54.1 Å². The van der Waals surface area contributed by atoms with Gasteiger partial charge in [0.05, 0.1) is 24.7 Å². The van der Waals surface area contributed by atoms with Gasteiger partial charge < -0.3 is 14.8 Å². The number of rotatable bonds is 5. The Morgan fingerprint density at radius 1 is 1.22 bits per heavy atom. The van der Waals surface area contributed by atoms with E-state index >= 15 is 0 Å². The van der Waals surface area contributed by atoms with Crippen molar-refractivity contribution < 1.29 is 22.7 Å². The summed E-state index contributed by atoms with van der Waals surface area (Å²) in [6.07, 6.45) is -0.138. The molecule has 2 aromatic carbocycles. The molecule has 144 valence electrons. The Hall–Kier alpha value is -2.42. The molecule has 1 atom stereocenters. The number of nitrogens with one attached hydrogen (secondary N) is 1. The Balaban J connectivity index is 1.73. The summed E-state index contributed by atoms with van der Waals surface area (Å²) in [7, 11) is -2.05. The predicted molar refractivity (Wildman–Crippen MR) is 102 cm³/mol. The number of sulfonamides is 1. The molecule has 7 nitrogen and oxygen atoms in total. The fraction of sp³-hybridized carbons (Fsp3) is 0.316. The molecular formula is C19H22N2O5S. The third-order valence-electron chi connectivity index (χ3n) is 4.29. The first-order valence-electron chi connectivity index (χ1n) is 8.57. The predicted octanol–water partition coefficient (Wildman–Crippen LogP) is 2.36. The fourth-order valence-electron chi connectivity index (χ4n) is 2.84. The molecule has 1 N–H and O–H groups in total. The van der Waals surface area contributed by atoms with Crippen LogP contribution in [0.5, 0.6) is 5.75 Å². The van der Waals surface area contributed by atoms with Crippen molar-refractivity contribution in [2.75, 3.05) is 32.1 Å². The van der Waals surface area contributed by atoms with Gasteiger partial charge in [-0.3, -0.25) is 4.79 Å². The van der Waals surface area contributed by atoms with E-state index in [1.807, 2.05) is 6.92 Å². The summed E-state index contributed by atoms with van der Waals surface area (Å²) >= 11 is 0. The lowest BCUT2D eigenvalue weighted by Gasteiger charge is -2.30. The molecular weight excluding hydrogens is 368 g/mol. The molecule has 0 aliphatic carbocycles. The van der Waals surface area contributed by atoms with E-state index in [-0.39, 0.29) is 16.9 Å². The highest BCUT2D eigenvalue weighted by Gasteiger charge is 2.29. The molecule has 0 bridgehead atoms. The Labute approximate surface area is 158 Å². The lowest BCUT2D eigenvalue weighted by atomic mass is 10.2. The number of anilines is 1. The maximum Gasteiger partial charge on any atom is 0.255 e. The average Bonchev–Trinajstić information content (AvgIpc) is 2.68. The molecule has 0 radical (unpaired) electrons. The van der Waals surface area contributed by atoms with Crippen molar-refractivity contribution in [2.24, 2.45) is 0 Å². The fourth-order valence-corrected chi connectivity index (χ4v) is 4.34. The average molecular weight is 390 g/mol. The largest absolute Gasteiger partial charge is 0.497 e. The van der Waals surface area contributed by atoms with E-state index in [4.69, 9.17) is 9.47 Å². The number of methoxy groups -OCH3 is 1. The Morgan fingerprint density at radius 3 is 2.63 bits per heavy atom. The summed E-state index contributed by atoms with van der Waals surface area (Å²) in [5.41, 5.74) is 0.963. The third kappa shape index (κ3) is 4.47. The molecule has 1 fully saturated rings. The first kappa shape index (κ1) is 19.3. The number of ether oxygens (including phenoxy) is 2. The van der Waals surface area contributed by atoms with E-state index < -0.39 is 10.0 Å². The molecule has 27 heavy (non-hydrogen) atoms. The molecule has 1 amide bonds. The van der Waals surface area contributed by atoms with Crippen LogP contribution in [0.4, 0.5) is 5.69 Å².